The number of hydrogen-bond donors (Lipinski definition) is 0. The molecule has 0 saturated carbocycles. The highest BCUT2D eigenvalue weighted by molar-refractivity contribution is 5.84. The fraction of sp³-hybridized carbons (Fsp3) is 0.476. The van der Waals surface area contributed by atoms with Gasteiger partial charge < -0.3 is 18.8 Å². The molecule has 1 aromatic carbocycles. The third kappa shape index (κ3) is 3.55. The molecule has 1 aliphatic rings. The Labute approximate surface area is 155 Å². The Kier molecular flexibility index (Phi) is 5.09. The number of benzene rings is 1. The van der Waals surface area contributed by atoms with Crippen molar-refractivity contribution in [1.82, 2.24) is 19.0 Å². The summed E-state index contributed by atoms with van der Waals surface area (Å²) in [7, 11) is 3.87. The van der Waals surface area contributed by atoms with Crippen LogP contribution < -0.4 is 0 Å². The van der Waals surface area contributed by atoms with Crippen molar-refractivity contribution in [3.05, 3.63) is 42.9 Å². The standard InChI is InChI=1S/C21H28N4O/c1-23-10-7-18-14-19(5-6-20(18)23)21-22-8-11-25(21)16-17-4-3-9-24(15-17)12-13-26-2/h5-8,10-11,14,17H,3-4,9,12-13,15-16H2,1-2H3. The van der Waals surface area contributed by atoms with Crippen LogP contribution in [0.15, 0.2) is 42.9 Å². The molecule has 4 rings (SSSR count). The van der Waals surface area contributed by atoms with Gasteiger partial charge in [0.2, 0.25) is 0 Å². The molecule has 2 aromatic heterocycles. The zero-order valence-corrected chi connectivity index (χ0v) is 15.8. The lowest BCUT2D eigenvalue weighted by Gasteiger charge is -2.32. The zero-order chi connectivity index (χ0) is 17.9. The Morgan fingerprint density at radius 1 is 1.23 bits per heavy atom. The molecule has 0 amide bonds. The van der Waals surface area contributed by atoms with Crippen molar-refractivity contribution in [3.8, 4) is 11.4 Å². The average molecular weight is 352 g/mol. The molecule has 26 heavy (non-hydrogen) atoms. The van der Waals surface area contributed by atoms with Crippen LogP contribution in [0.3, 0.4) is 0 Å². The fourth-order valence-electron chi connectivity index (χ4n) is 4.14. The summed E-state index contributed by atoms with van der Waals surface area (Å²) in [6.07, 6.45) is 8.72. The SMILES string of the molecule is COCCN1CCCC(Cn2ccnc2-c2ccc3c(ccn3C)c2)C1. The number of imidazole rings is 1. The first-order valence-corrected chi connectivity index (χ1v) is 9.52. The molecule has 0 aliphatic carbocycles. The second kappa shape index (κ2) is 7.64. The molecule has 0 spiro atoms. The molecule has 1 unspecified atom stereocenters. The van der Waals surface area contributed by atoms with Gasteiger partial charge in [0.15, 0.2) is 0 Å². The Hall–Kier alpha value is -2.11. The van der Waals surface area contributed by atoms with Crippen LogP contribution in [0, 0.1) is 5.92 Å². The lowest BCUT2D eigenvalue weighted by molar-refractivity contribution is 0.110. The molecule has 1 saturated heterocycles. The second-order valence-corrected chi connectivity index (χ2v) is 7.41. The van der Waals surface area contributed by atoms with Crippen LogP contribution in [0.5, 0.6) is 0 Å². The number of hydrogen-bond acceptors (Lipinski definition) is 3. The van der Waals surface area contributed by atoms with Crippen molar-refractivity contribution in [2.24, 2.45) is 13.0 Å². The number of aromatic nitrogens is 3. The van der Waals surface area contributed by atoms with Crippen molar-refractivity contribution in [3.63, 3.8) is 0 Å². The molecule has 138 valence electrons. The summed E-state index contributed by atoms with van der Waals surface area (Å²) in [4.78, 5) is 7.19. The predicted molar refractivity (Wildman–Crippen MR) is 105 cm³/mol. The second-order valence-electron chi connectivity index (χ2n) is 7.41. The van der Waals surface area contributed by atoms with Gasteiger partial charge in [0.25, 0.3) is 0 Å². The van der Waals surface area contributed by atoms with Gasteiger partial charge in [0, 0.05) is 68.8 Å². The fourth-order valence-corrected chi connectivity index (χ4v) is 4.14. The lowest BCUT2D eigenvalue weighted by atomic mass is 9.98. The van der Waals surface area contributed by atoms with Crippen LogP contribution in [0.4, 0.5) is 0 Å². The number of aryl methyl sites for hydroxylation is 1. The molecule has 0 radical (unpaired) electrons. The molecular weight excluding hydrogens is 324 g/mol. The molecule has 5 heteroatoms. The third-order valence-electron chi connectivity index (χ3n) is 5.53. The molecule has 0 bridgehead atoms. The van der Waals surface area contributed by atoms with Crippen LogP contribution in [0.1, 0.15) is 12.8 Å². The number of rotatable bonds is 6. The minimum Gasteiger partial charge on any atom is -0.383 e. The Morgan fingerprint density at radius 3 is 3.04 bits per heavy atom. The van der Waals surface area contributed by atoms with Crippen LogP contribution >= 0.6 is 0 Å². The van der Waals surface area contributed by atoms with Crippen molar-refractivity contribution < 1.29 is 4.74 Å². The van der Waals surface area contributed by atoms with Gasteiger partial charge in [-0.2, -0.15) is 0 Å². The summed E-state index contributed by atoms with van der Waals surface area (Å²) in [5.74, 6) is 1.75. The lowest BCUT2D eigenvalue weighted by Crippen LogP contribution is -2.38. The number of nitrogens with zero attached hydrogens (tertiary/aromatic N) is 4. The minimum absolute atomic E-state index is 0.675. The van der Waals surface area contributed by atoms with E-state index in [9.17, 15) is 0 Å². The average Bonchev–Trinajstić information content (AvgIpc) is 3.27. The van der Waals surface area contributed by atoms with Gasteiger partial charge in [0.05, 0.1) is 6.61 Å². The summed E-state index contributed by atoms with van der Waals surface area (Å²) in [5.41, 5.74) is 2.45. The monoisotopic (exact) mass is 352 g/mol. The van der Waals surface area contributed by atoms with E-state index in [-0.39, 0.29) is 0 Å². The van der Waals surface area contributed by atoms with Crippen LogP contribution in [0.2, 0.25) is 0 Å². The number of fused-ring (bicyclic) bond motifs is 1. The van der Waals surface area contributed by atoms with Gasteiger partial charge >= 0.3 is 0 Å². The first-order valence-electron chi connectivity index (χ1n) is 9.52. The molecule has 3 aromatic rings. The van der Waals surface area contributed by atoms with Gasteiger partial charge in [-0.25, -0.2) is 4.98 Å². The summed E-state index contributed by atoms with van der Waals surface area (Å²) in [6.45, 7) is 5.24. The maximum Gasteiger partial charge on any atom is 0.139 e. The molecule has 0 N–H and O–H groups in total. The number of likely N-dealkylation sites (tertiary alicyclic amines) is 1. The number of piperidine rings is 1. The van der Waals surface area contributed by atoms with Gasteiger partial charge in [-0.3, -0.25) is 0 Å². The van der Waals surface area contributed by atoms with E-state index in [4.69, 9.17) is 4.74 Å². The maximum absolute atomic E-state index is 5.24. The molecule has 1 atom stereocenters. The zero-order valence-electron chi connectivity index (χ0n) is 15.8. The van der Waals surface area contributed by atoms with Gasteiger partial charge in [-0.05, 0) is 49.6 Å². The Balaban J connectivity index is 1.51. The van der Waals surface area contributed by atoms with Crippen LogP contribution in [0.25, 0.3) is 22.3 Å². The summed E-state index contributed by atoms with van der Waals surface area (Å²) in [5, 5.41) is 1.27. The van der Waals surface area contributed by atoms with E-state index in [2.05, 4.69) is 62.7 Å². The van der Waals surface area contributed by atoms with E-state index >= 15 is 0 Å². The van der Waals surface area contributed by atoms with E-state index in [1.165, 1.54) is 35.9 Å². The minimum atomic E-state index is 0.675. The smallest absolute Gasteiger partial charge is 0.139 e. The van der Waals surface area contributed by atoms with E-state index < -0.39 is 0 Å². The molecular formula is C21H28N4O. The topological polar surface area (TPSA) is 35.2 Å². The normalized spacial score (nSPS) is 18.6. The molecule has 1 fully saturated rings. The highest BCUT2D eigenvalue weighted by Crippen LogP contribution is 2.26. The van der Waals surface area contributed by atoms with Crippen molar-refractivity contribution in [2.75, 3.05) is 33.4 Å². The van der Waals surface area contributed by atoms with Crippen molar-refractivity contribution in [1.29, 1.82) is 0 Å². The first kappa shape index (κ1) is 17.3. The molecule has 5 nitrogen and oxygen atoms in total. The van der Waals surface area contributed by atoms with Crippen LogP contribution in [-0.2, 0) is 18.3 Å². The number of ether oxygens (including phenoxy) is 1. The highest BCUT2D eigenvalue weighted by Gasteiger charge is 2.21. The van der Waals surface area contributed by atoms with E-state index in [0.717, 1.165) is 32.1 Å². The van der Waals surface area contributed by atoms with E-state index in [1.807, 2.05) is 6.20 Å². The number of methoxy groups -OCH3 is 1. The molecule has 1 aliphatic heterocycles. The Bertz CT molecular complexity index is 866. The Morgan fingerprint density at radius 2 is 2.15 bits per heavy atom. The maximum atomic E-state index is 5.24. The summed E-state index contributed by atoms with van der Waals surface area (Å²) >= 11 is 0. The van der Waals surface area contributed by atoms with E-state index in [0.29, 0.717) is 5.92 Å². The van der Waals surface area contributed by atoms with Gasteiger partial charge in [-0.15, -0.1) is 0 Å². The van der Waals surface area contributed by atoms with Crippen LogP contribution in [-0.4, -0.2) is 52.4 Å². The largest absolute Gasteiger partial charge is 0.383 e. The highest BCUT2D eigenvalue weighted by atomic mass is 16.5. The van der Waals surface area contributed by atoms with Crippen molar-refractivity contribution >= 4 is 10.9 Å². The third-order valence-corrected chi connectivity index (χ3v) is 5.53. The summed E-state index contributed by atoms with van der Waals surface area (Å²) < 4.78 is 9.72. The predicted octanol–water partition coefficient (Wildman–Crippen LogP) is 3.40. The van der Waals surface area contributed by atoms with Gasteiger partial charge in [0.1, 0.15) is 5.82 Å². The quantitative estimate of drug-likeness (QED) is 0.682. The first-order chi connectivity index (χ1) is 12.7. The van der Waals surface area contributed by atoms with E-state index in [1.54, 1.807) is 7.11 Å². The van der Waals surface area contributed by atoms with Gasteiger partial charge in [-0.1, -0.05) is 0 Å². The summed E-state index contributed by atoms with van der Waals surface area (Å²) in [6, 6.07) is 8.80. The molecule has 3 heterocycles. The van der Waals surface area contributed by atoms with Crippen molar-refractivity contribution in [2.45, 2.75) is 19.4 Å².